The van der Waals surface area contributed by atoms with Crippen LogP contribution >= 0.6 is 23.1 Å². The van der Waals surface area contributed by atoms with Crippen LogP contribution in [0, 0.1) is 5.82 Å². The van der Waals surface area contributed by atoms with Gasteiger partial charge in [0, 0.05) is 6.42 Å². The van der Waals surface area contributed by atoms with Crippen LogP contribution in [-0.2, 0) is 4.79 Å². The quantitative estimate of drug-likeness (QED) is 0.292. The topological polar surface area (TPSA) is 79.7 Å². The molecule has 0 aliphatic carbocycles. The zero-order chi connectivity index (χ0) is 24.9. The fourth-order valence-corrected chi connectivity index (χ4v) is 5.43. The second kappa shape index (κ2) is 10.9. The second-order valence-electron chi connectivity index (χ2n) is 7.91. The van der Waals surface area contributed by atoms with E-state index in [-0.39, 0.29) is 23.5 Å². The molecule has 0 bridgehead atoms. The van der Waals surface area contributed by atoms with Crippen LogP contribution in [0.5, 0.6) is 5.75 Å². The van der Waals surface area contributed by atoms with Gasteiger partial charge in [0.25, 0.3) is 5.91 Å². The molecule has 10 heteroatoms. The number of nitrogens with zero attached hydrogens (tertiary/aromatic N) is 4. The Morgan fingerprint density at radius 2 is 1.83 bits per heavy atom. The van der Waals surface area contributed by atoms with E-state index in [1.54, 1.807) is 30.3 Å². The summed E-state index contributed by atoms with van der Waals surface area (Å²) in [6.07, 6.45) is 0.613. The summed E-state index contributed by atoms with van der Waals surface area (Å²) in [5, 5.41) is 17.8. The smallest absolute Gasteiger partial charge is 0.253 e. The number of ether oxygens (including phenoxy) is 1. The van der Waals surface area contributed by atoms with E-state index in [0.717, 1.165) is 22.6 Å². The van der Waals surface area contributed by atoms with E-state index in [9.17, 15) is 9.18 Å². The Bertz CT molecular complexity index is 1380. The number of aromatic nitrogens is 2. The van der Waals surface area contributed by atoms with Gasteiger partial charge in [-0.05, 0) is 35.4 Å². The predicted octanol–water partition coefficient (Wildman–Crippen LogP) is 5.90. The maximum atomic E-state index is 13.9. The molecule has 0 saturated heterocycles. The monoisotopic (exact) mass is 519 g/mol. The number of hydrazone groups is 1. The van der Waals surface area contributed by atoms with E-state index in [1.165, 1.54) is 29.2 Å². The summed E-state index contributed by atoms with van der Waals surface area (Å²) in [5.74, 6) is 0.394. The first kappa shape index (κ1) is 24.0. The van der Waals surface area contributed by atoms with E-state index in [2.05, 4.69) is 15.5 Å². The molecule has 1 amide bonds. The summed E-state index contributed by atoms with van der Waals surface area (Å²) < 4.78 is 19.8. The van der Waals surface area contributed by atoms with E-state index in [4.69, 9.17) is 9.84 Å². The van der Waals surface area contributed by atoms with Crippen molar-refractivity contribution in [2.24, 2.45) is 5.10 Å². The third-order valence-electron chi connectivity index (χ3n) is 5.61. The van der Waals surface area contributed by atoms with E-state index in [0.29, 0.717) is 21.6 Å². The fourth-order valence-electron chi connectivity index (χ4n) is 3.82. The van der Waals surface area contributed by atoms with Crippen molar-refractivity contribution in [2.75, 3.05) is 18.2 Å². The minimum atomic E-state index is -0.372. The lowest BCUT2D eigenvalue weighted by Crippen LogP contribution is -2.28. The standard InChI is InChI=1S/C26H22FN5O2S2/c1-34-19-13-11-18(12-14-19)23-15-22(17-7-3-2-4-8-17)31-32(23)24(33)16-35-26-30-29-25(36-26)28-21-10-6-5-9-20(21)27/h2-14,23H,15-16H2,1H3,(H,28,29). The van der Waals surface area contributed by atoms with Crippen LogP contribution in [0.3, 0.4) is 0 Å². The van der Waals surface area contributed by atoms with Gasteiger partial charge >= 0.3 is 0 Å². The van der Waals surface area contributed by atoms with Gasteiger partial charge in [0.1, 0.15) is 11.6 Å². The summed E-state index contributed by atoms with van der Waals surface area (Å²) in [7, 11) is 1.62. The zero-order valence-corrected chi connectivity index (χ0v) is 20.9. The molecule has 182 valence electrons. The highest BCUT2D eigenvalue weighted by atomic mass is 32.2. The number of anilines is 2. The number of amides is 1. The van der Waals surface area contributed by atoms with E-state index < -0.39 is 0 Å². The highest BCUT2D eigenvalue weighted by Crippen LogP contribution is 2.35. The van der Waals surface area contributed by atoms with Gasteiger partial charge in [-0.3, -0.25) is 4.79 Å². The lowest BCUT2D eigenvalue weighted by Gasteiger charge is -2.22. The Labute approximate surface area is 216 Å². The van der Waals surface area contributed by atoms with Crippen LogP contribution in [0.15, 0.2) is 88.3 Å². The number of nitrogens with one attached hydrogen (secondary N) is 1. The van der Waals surface area contributed by atoms with Crippen molar-refractivity contribution < 1.29 is 13.9 Å². The number of methoxy groups -OCH3 is 1. The summed E-state index contributed by atoms with van der Waals surface area (Å²) >= 11 is 2.54. The van der Waals surface area contributed by atoms with Crippen LogP contribution in [0.1, 0.15) is 23.6 Å². The first-order valence-electron chi connectivity index (χ1n) is 11.2. The van der Waals surface area contributed by atoms with Crippen molar-refractivity contribution in [2.45, 2.75) is 16.8 Å². The summed E-state index contributed by atoms with van der Waals surface area (Å²) in [6, 6.07) is 23.7. The second-order valence-corrected chi connectivity index (χ2v) is 10.1. The van der Waals surface area contributed by atoms with Gasteiger partial charge in [-0.2, -0.15) is 5.10 Å². The molecule has 0 fully saturated rings. The average molecular weight is 520 g/mol. The minimum absolute atomic E-state index is 0.134. The summed E-state index contributed by atoms with van der Waals surface area (Å²) in [6.45, 7) is 0. The molecule has 1 atom stereocenters. The highest BCUT2D eigenvalue weighted by Gasteiger charge is 2.33. The van der Waals surface area contributed by atoms with Gasteiger partial charge in [-0.1, -0.05) is 77.7 Å². The van der Waals surface area contributed by atoms with E-state index >= 15 is 0 Å². The molecule has 0 saturated carbocycles. The lowest BCUT2D eigenvalue weighted by molar-refractivity contribution is -0.130. The maximum Gasteiger partial charge on any atom is 0.253 e. The molecule has 1 aromatic heterocycles. The molecule has 7 nitrogen and oxygen atoms in total. The number of halogens is 1. The summed E-state index contributed by atoms with van der Waals surface area (Å²) in [5.41, 5.74) is 3.16. The SMILES string of the molecule is COc1ccc(C2CC(c3ccccc3)=NN2C(=O)CSc2nnc(Nc3ccccc3F)s2)cc1. The Kier molecular flexibility index (Phi) is 7.24. The number of carbonyl (C=O) groups excluding carboxylic acids is 1. The number of carbonyl (C=O) groups is 1. The van der Waals surface area contributed by atoms with Crippen molar-refractivity contribution in [3.05, 3.63) is 95.8 Å². The minimum Gasteiger partial charge on any atom is -0.497 e. The number of hydrogen-bond acceptors (Lipinski definition) is 8. The maximum absolute atomic E-state index is 13.9. The lowest BCUT2D eigenvalue weighted by atomic mass is 9.98. The van der Waals surface area contributed by atoms with Crippen LogP contribution in [0.25, 0.3) is 0 Å². The van der Waals surface area contributed by atoms with Crippen molar-refractivity contribution in [1.82, 2.24) is 15.2 Å². The summed E-state index contributed by atoms with van der Waals surface area (Å²) in [4.78, 5) is 13.3. The molecule has 1 N–H and O–H groups in total. The number of para-hydroxylation sites is 1. The third kappa shape index (κ3) is 5.39. The fraction of sp³-hybridized carbons (Fsp3) is 0.154. The van der Waals surface area contributed by atoms with Crippen LogP contribution in [-0.4, -0.2) is 39.7 Å². The van der Waals surface area contributed by atoms with Gasteiger partial charge in [0.2, 0.25) is 5.13 Å². The molecular formula is C26H22FN5O2S2. The molecule has 1 unspecified atom stereocenters. The molecule has 2 heterocycles. The Morgan fingerprint density at radius 1 is 1.08 bits per heavy atom. The van der Waals surface area contributed by atoms with E-state index in [1.807, 2.05) is 54.6 Å². The third-order valence-corrected chi connectivity index (χ3v) is 7.57. The first-order chi connectivity index (χ1) is 17.6. The molecule has 5 rings (SSSR count). The molecule has 36 heavy (non-hydrogen) atoms. The van der Waals surface area contributed by atoms with Crippen molar-refractivity contribution in [3.8, 4) is 5.75 Å². The van der Waals surface area contributed by atoms with Gasteiger partial charge in [0.05, 0.1) is 30.3 Å². The number of hydrogen-bond donors (Lipinski definition) is 1. The van der Waals surface area contributed by atoms with Gasteiger partial charge in [-0.25, -0.2) is 9.40 Å². The van der Waals surface area contributed by atoms with Gasteiger partial charge < -0.3 is 10.1 Å². The first-order valence-corrected chi connectivity index (χ1v) is 13.0. The van der Waals surface area contributed by atoms with Crippen molar-refractivity contribution in [1.29, 1.82) is 0 Å². The van der Waals surface area contributed by atoms with Crippen molar-refractivity contribution in [3.63, 3.8) is 0 Å². The molecule has 4 aromatic rings. The normalized spacial score (nSPS) is 15.0. The van der Waals surface area contributed by atoms with Crippen LogP contribution in [0.2, 0.25) is 0 Å². The molecule has 1 aliphatic rings. The highest BCUT2D eigenvalue weighted by molar-refractivity contribution is 8.01. The predicted molar refractivity (Wildman–Crippen MR) is 140 cm³/mol. The van der Waals surface area contributed by atoms with Crippen LogP contribution < -0.4 is 10.1 Å². The molecular weight excluding hydrogens is 497 g/mol. The molecule has 0 spiro atoms. The Balaban J connectivity index is 1.30. The number of thioether (sulfide) groups is 1. The largest absolute Gasteiger partial charge is 0.497 e. The van der Waals surface area contributed by atoms with Crippen molar-refractivity contribution >= 4 is 45.5 Å². The Morgan fingerprint density at radius 3 is 2.58 bits per heavy atom. The zero-order valence-electron chi connectivity index (χ0n) is 19.3. The van der Waals surface area contributed by atoms with Crippen LogP contribution in [0.4, 0.5) is 15.2 Å². The molecule has 0 radical (unpaired) electrons. The van der Waals surface area contributed by atoms with Gasteiger partial charge in [0.15, 0.2) is 4.34 Å². The Hall–Kier alpha value is -3.76. The number of benzene rings is 3. The molecule has 1 aliphatic heterocycles. The average Bonchev–Trinajstić information content (AvgIpc) is 3.57. The molecule has 3 aromatic carbocycles. The number of rotatable bonds is 8. The van der Waals surface area contributed by atoms with Gasteiger partial charge in [-0.15, -0.1) is 10.2 Å².